The molecule has 0 spiro atoms. The summed E-state index contributed by atoms with van der Waals surface area (Å²) in [7, 11) is 0. The number of hydrogen-bond donors (Lipinski definition) is 1. The molecule has 0 unspecified atom stereocenters. The first-order valence-electron chi connectivity index (χ1n) is 8.58. The van der Waals surface area contributed by atoms with Crippen LogP contribution in [-0.4, -0.2) is 45.3 Å². The van der Waals surface area contributed by atoms with Gasteiger partial charge in [0.1, 0.15) is 0 Å². The number of nitrogens with zero attached hydrogens (tertiary/aromatic N) is 5. The Hall–Kier alpha value is -2.70. The molecule has 3 rings (SSSR count). The summed E-state index contributed by atoms with van der Waals surface area (Å²) >= 11 is 0. The smallest absolute Gasteiger partial charge is 0.227 e. The van der Waals surface area contributed by atoms with Gasteiger partial charge in [-0.05, 0) is 32.8 Å². The predicted octanol–water partition coefficient (Wildman–Crippen LogP) is 1.80. The molecular weight excluding hydrogens is 316 g/mol. The molecule has 1 saturated heterocycles. The van der Waals surface area contributed by atoms with Gasteiger partial charge in [-0.3, -0.25) is 4.79 Å². The molecule has 7 heteroatoms. The minimum absolute atomic E-state index is 0.0513. The van der Waals surface area contributed by atoms with Gasteiger partial charge < -0.3 is 10.2 Å². The zero-order valence-electron chi connectivity index (χ0n) is 14.8. The number of nitrogens with one attached hydrogen (secondary N) is 1. The second kappa shape index (κ2) is 7.46. The standard InChI is InChI=1S/C18H24N6O/c1-4-8-19-17(25)15-6-10-23(11-7-15)18-20-9-5-16(21-18)24-14(3)12-13(2)22-24/h4-5,9,12,15H,1,6-8,10-11H2,2-3H3,(H,19,25). The largest absolute Gasteiger partial charge is 0.352 e. The van der Waals surface area contributed by atoms with Crippen molar-refractivity contribution in [1.82, 2.24) is 25.1 Å². The fourth-order valence-electron chi connectivity index (χ4n) is 3.13. The molecule has 2 aromatic rings. The molecule has 25 heavy (non-hydrogen) atoms. The van der Waals surface area contributed by atoms with Gasteiger partial charge in [0.05, 0.1) is 5.69 Å². The number of aryl methyl sites for hydroxylation is 2. The summed E-state index contributed by atoms with van der Waals surface area (Å²) in [6, 6.07) is 3.88. The van der Waals surface area contributed by atoms with Crippen LogP contribution in [0.5, 0.6) is 0 Å². The second-order valence-corrected chi connectivity index (χ2v) is 6.35. The van der Waals surface area contributed by atoms with E-state index in [4.69, 9.17) is 0 Å². The SMILES string of the molecule is C=CCNC(=O)C1CCN(c2nccc(-n3nc(C)cc3C)n2)CC1. The minimum atomic E-state index is 0.0513. The topological polar surface area (TPSA) is 75.9 Å². The molecular formula is C18H24N6O. The molecule has 3 heterocycles. The molecule has 2 aromatic heterocycles. The fourth-order valence-corrected chi connectivity index (χ4v) is 3.13. The average molecular weight is 340 g/mol. The van der Waals surface area contributed by atoms with Crippen LogP contribution in [0.15, 0.2) is 31.0 Å². The summed E-state index contributed by atoms with van der Waals surface area (Å²) in [5.41, 5.74) is 2.00. The van der Waals surface area contributed by atoms with Gasteiger partial charge in [-0.1, -0.05) is 6.08 Å². The normalized spacial score (nSPS) is 15.2. The molecule has 0 aromatic carbocycles. The molecule has 7 nitrogen and oxygen atoms in total. The van der Waals surface area contributed by atoms with Gasteiger partial charge in [-0.2, -0.15) is 10.1 Å². The Kier molecular flexibility index (Phi) is 5.11. The van der Waals surface area contributed by atoms with E-state index in [-0.39, 0.29) is 11.8 Å². The first kappa shape index (κ1) is 17.1. The molecule has 0 atom stereocenters. The third-order valence-corrected chi connectivity index (χ3v) is 4.42. The van der Waals surface area contributed by atoms with E-state index in [1.807, 2.05) is 30.7 Å². The number of piperidine rings is 1. The van der Waals surface area contributed by atoms with Crippen molar-refractivity contribution in [3.8, 4) is 5.82 Å². The number of carbonyl (C=O) groups is 1. The maximum absolute atomic E-state index is 12.1. The molecule has 132 valence electrons. The summed E-state index contributed by atoms with van der Waals surface area (Å²) in [5, 5.41) is 7.35. The summed E-state index contributed by atoms with van der Waals surface area (Å²) in [4.78, 5) is 23.3. The van der Waals surface area contributed by atoms with Crippen LogP contribution in [-0.2, 0) is 4.79 Å². The Morgan fingerprint density at radius 1 is 1.40 bits per heavy atom. The van der Waals surface area contributed by atoms with Crippen molar-refractivity contribution in [3.63, 3.8) is 0 Å². The van der Waals surface area contributed by atoms with Crippen LogP contribution in [0.1, 0.15) is 24.2 Å². The van der Waals surface area contributed by atoms with Crippen LogP contribution in [0, 0.1) is 19.8 Å². The Bertz CT molecular complexity index is 761. The third kappa shape index (κ3) is 3.87. The highest BCUT2D eigenvalue weighted by molar-refractivity contribution is 5.79. The maximum atomic E-state index is 12.1. The highest BCUT2D eigenvalue weighted by atomic mass is 16.1. The summed E-state index contributed by atoms with van der Waals surface area (Å²) in [6.07, 6.45) is 5.06. The first-order chi connectivity index (χ1) is 12.1. The van der Waals surface area contributed by atoms with Crippen molar-refractivity contribution < 1.29 is 4.79 Å². The first-order valence-corrected chi connectivity index (χ1v) is 8.58. The Morgan fingerprint density at radius 2 is 2.16 bits per heavy atom. The van der Waals surface area contributed by atoms with Crippen LogP contribution in [0.25, 0.3) is 5.82 Å². The number of anilines is 1. The number of carbonyl (C=O) groups excluding carboxylic acids is 1. The molecule has 1 fully saturated rings. The number of hydrogen-bond acceptors (Lipinski definition) is 5. The molecule has 1 N–H and O–H groups in total. The van der Waals surface area contributed by atoms with Gasteiger partial charge in [-0.25, -0.2) is 9.67 Å². The molecule has 0 radical (unpaired) electrons. The molecule has 1 amide bonds. The fraction of sp³-hybridized carbons (Fsp3) is 0.444. The Morgan fingerprint density at radius 3 is 2.80 bits per heavy atom. The summed E-state index contributed by atoms with van der Waals surface area (Å²) in [5.74, 6) is 1.61. The van der Waals surface area contributed by atoms with Gasteiger partial charge in [0.2, 0.25) is 11.9 Å². The maximum Gasteiger partial charge on any atom is 0.227 e. The molecule has 0 aliphatic carbocycles. The van der Waals surface area contributed by atoms with Gasteiger partial charge in [-0.15, -0.1) is 6.58 Å². The lowest BCUT2D eigenvalue weighted by molar-refractivity contribution is -0.125. The lowest BCUT2D eigenvalue weighted by Crippen LogP contribution is -2.41. The van der Waals surface area contributed by atoms with Crippen LogP contribution in [0.2, 0.25) is 0 Å². The van der Waals surface area contributed by atoms with E-state index in [0.29, 0.717) is 12.5 Å². The van der Waals surface area contributed by atoms with Crippen molar-refractivity contribution in [2.45, 2.75) is 26.7 Å². The lowest BCUT2D eigenvalue weighted by Gasteiger charge is -2.31. The van der Waals surface area contributed by atoms with E-state index >= 15 is 0 Å². The third-order valence-electron chi connectivity index (χ3n) is 4.42. The van der Waals surface area contributed by atoms with Gasteiger partial charge in [0.15, 0.2) is 5.82 Å². The minimum Gasteiger partial charge on any atom is -0.352 e. The van der Waals surface area contributed by atoms with Crippen molar-refractivity contribution in [3.05, 3.63) is 42.4 Å². The van der Waals surface area contributed by atoms with Gasteiger partial charge in [0, 0.05) is 43.5 Å². The van der Waals surface area contributed by atoms with E-state index in [1.165, 1.54) is 0 Å². The predicted molar refractivity (Wildman–Crippen MR) is 96.8 cm³/mol. The van der Waals surface area contributed by atoms with Gasteiger partial charge >= 0.3 is 0 Å². The zero-order valence-corrected chi connectivity index (χ0v) is 14.8. The molecule has 0 saturated carbocycles. The van der Waals surface area contributed by atoms with E-state index in [9.17, 15) is 4.79 Å². The van der Waals surface area contributed by atoms with Crippen molar-refractivity contribution in [2.24, 2.45) is 5.92 Å². The van der Waals surface area contributed by atoms with Crippen LogP contribution < -0.4 is 10.2 Å². The van der Waals surface area contributed by atoms with E-state index in [1.54, 1.807) is 12.3 Å². The second-order valence-electron chi connectivity index (χ2n) is 6.35. The van der Waals surface area contributed by atoms with Crippen molar-refractivity contribution >= 4 is 11.9 Å². The number of aromatic nitrogens is 4. The van der Waals surface area contributed by atoms with E-state index < -0.39 is 0 Å². The van der Waals surface area contributed by atoms with Crippen molar-refractivity contribution in [2.75, 3.05) is 24.5 Å². The number of rotatable bonds is 5. The zero-order chi connectivity index (χ0) is 17.8. The highest BCUT2D eigenvalue weighted by Gasteiger charge is 2.26. The average Bonchev–Trinajstić information content (AvgIpc) is 2.98. The van der Waals surface area contributed by atoms with Crippen LogP contribution >= 0.6 is 0 Å². The monoisotopic (exact) mass is 340 g/mol. The van der Waals surface area contributed by atoms with Crippen molar-refractivity contribution in [1.29, 1.82) is 0 Å². The summed E-state index contributed by atoms with van der Waals surface area (Å²) in [6.45, 7) is 9.66. The van der Waals surface area contributed by atoms with E-state index in [0.717, 1.165) is 43.1 Å². The number of amides is 1. The highest BCUT2D eigenvalue weighted by Crippen LogP contribution is 2.21. The van der Waals surface area contributed by atoms with E-state index in [2.05, 4.69) is 31.9 Å². The molecule has 1 aliphatic heterocycles. The Labute approximate surface area is 147 Å². The summed E-state index contributed by atoms with van der Waals surface area (Å²) < 4.78 is 1.83. The lowest BCUT2D eigenvalue weighted by atomic mass is 9.96. The Balaban J connectivity index is 1.68. The van der Waals surface area contributed by atoms with Crippen LogP contribution in [0.4, 0.5) is 5.95 Å². The quantitative estimate of drug-likeness (QED) is 0.840. The van der Waals surface area contributed by atoms with Gasteiger partial charge in [0.25, 0.3) is 0 Å². The van der Waals surface area contributed by atoms with Crippen LogP contribution in [0.3, 0.4) is 0 Å². The molecule has 1 aliphatic rings. The molecule has 0 bridgehead atoms.